The van der Waals surface area contributed by atoms with Crippen molar-refractivity contribution in [3.8, 4) is 11.3 Å². The van der Waals surface area contributed by atoms with E-state index >= 15 is 0 Å². The van der Waals surface area contributed by atoms with Crippen molar-refractivity contribution < 1.29 is 8.81 Å². The Morgan fingerprint density at radius 1 is 1.11 bits per heavy atom. The van der Waals surface area contributed by atoms with Crippen LogP contribution in [0.25, 0.3) is 22.3 Å². The van der Waals surface area contributed by atoms with Crippen molar-refractivity contribution in [2.45, 2.75) is 6.54 Å². The molecule has 2 aromatic carbocycles. The van der Waals surface area contributed by atoms with Gasteiger partial charge in [0.25, 0.3) is 0 Å². The molecule has 0 radical (unpaired) electrons. The first-order chi connectivity index (χ1) is 9.28. The Hall–Kier alpha value is -2.13. The van der Waals surface area contributed by atoms with Gasteiger partial charge >= 0.3 is 0 Å². The molecule has 19 heavy (non-hydrogen) atoms. The van der Waals surface area contributed by atoms with Gasteiger partial charge in [-0.05, 0) is 42.9 Å². The third kappa shape index (κ3) is 2.25. The highest BCUT2D eigenvalue weighted by Crippen LogP contribution is 2.30. The fourth-order valence-electron chi connectivity index (χ4n) is 2.25. The lowest BCUT2D eigenvalue weighted by Gasteiger charge is -2.06. The minimum absolute atomic E-state index is 0.231. The first-order valence-corrected chi connectivity index (χ1v) is 6.20. The molecule has 0 saturated heterocycles. The van der Waals surface area contributed by atoms with E-state index in [9.17, 15) is 4.39 Å². The normalized spacial score (nSPS) is 11.1. The van der Waals surface area contributed by atoms with Crippen molar-refractivity contribution in [3.63, 3.8) is 0 Å². The zero-order valence-electron chi connectivity index (χ0n) is 10.6. The lowest BCUT2D eigenvalue weighted by molar-refractivity contribution is 0.618. The second-order valence-electron chi connectivity index (χ2n) is 4.48. The van der Waals surface area contributed by atoms with Gasteiger partial charge in [-0.3, -0.25) is 0 Å². The summed E-state index contributed by atoms with van der Waals surface area (Å²) in [4.78, 5) is 0. The average Bonchev–Trinajstić information content (AvgIpc) is 2.82. The van der Waals surface area contributed by atoms with Crippen LogP contribution in [0.3, 0.4) is 0 Å². The van der Waals surface area contributed by atoms with Crippen LogP contribution >= 0.6 is 0 Å². The predicted molar refractivity (Wildman–Crippen MR) is 74.4 cm³/mol. The van der Waals surface area contributed by atoms with Crippen LogP contribution < -0.4 is 5.32 Å². The molecule has 0 aliphatic carbocycles. The maximum atomic E-state index is 13.3. The second-order valence-corrected chi connectivity index (χ2v) is 4.48. The number of nitrogens with one attached hydrogen (secondary N) is 1. The Labute approximate surface area is 110 Å². The molecule has 0 saturated carbocycles. The fraction of sp³-hybridized carbons (Fsp3) is 0.125. The van der Waals surface area contributed by atoms with Gasteiger partial charge in [0.2, 0.25) is 0 Å². The number of para-hydroxylation sites is 1. The van der Waals surface area contributed by atoms with E-state index in [1.165, 1.54) is 6.07 Å². The molecule has 0 atom stereocenters. The highest BCUT2D eigenvalue weighted by Gasteiger charge is 2.10. The lowest BCUT2D eigenvalue weighted by atomic mass is 10.0. The minimum Gasteiger partial charge on any atom is -0.456 e. The topological polar surface area (TPSA) is 25.2 Å². The first kappa shape index (κ1) is 11.9. The van der Waals surface area contributed by atoms with Gasteiger partial charge in [-0.15, -0.1) is 0 Å². The Morgan fingerprint density at radius 3 is 2.74 bits per heavy atom. The molecule has 1 N–H and O–H groups in total. The Morgan fingerprint density at radius 2 is 1.95 bits per heavy atom. The zero-order chi connectivity index (χ0) is 13.2. The summed E-state index contributed by atoms with van der Waals surface area (Å²) >= 11 is 0. The maximum Gasteiger partial charge on any atom is 0.135 e. The molecule has 2 nitrogen and oxygen atoms in total. The number of furan rings is 1. The van der Waals surface area contributed by atoms with E-state index < -0.39 is 0 Å². The molecule has 3 heteroatoms. The molecule has 1 aromatic heterocycles. The smallest absolute Gasteiger partial charge is 0.135 e. The molecule has 3 rings (SSSR count). The van der Waals surface area contributed by atoms with E-state index in [1.807, 2.05) is 37.4 Å². The fourth-order valence-corrected chi connectivity index (χ4v) is 2.25. The van der Waals surface area contributed by atoms with E-state index in [0.717, 1.165) is 27.9 Å². The minimum atomic E-state index is -0.231. The van der Waals surface area contributed by atoms with Crippen LogP contribution in [-0.4, -0.2) is 7.05 Å². The van der Waals surface area contributed by atoms with Crippen LogP contribution in [0.4, 0.5) is 4.39 Å². The second kappa shape index (κ2) is 4.86. The van der Waals surface area contributed by atoms with Gasteiger partial charge in [-0.2, -0.15) is 0 Å². The standard InChI is InChI=1S/C16H14FNO/c1-18-10-12-8-13(17)6-7-14(12)16-9-11-4-2-3-5-15(11)19-16/h2-9,18H,10H2,1H3. The van der Waals surface area contributed by atoms with Crippen molar-refractivity contribution in [1.29, 1.82) is 0 Å². The van der Waals surface area contributed by atoms with E-state index in [4.69, 9.17) is 4.42 Å². The van der Waals surface area contributed by atoms with Crippen LogP contribution in [0.15, 0.2) is 52.9 Å². The number of hydrogen-bond donors (Lipinski definition) is 1. The summed E-state index contributed by atoms with van der Waals surface area (Å²) in [5.41, 5.74) is 2.66. The summed E-state index contributed by atoms with van der Waals surface area (Å²) in [7, 11) is 1.84. The molecule has 1 heterocycles. The number of rotatable bonds is 3. The van der Waals surface area contributed by atoms with E-state index in [1.54, 1.807) is 12.1 Å². The molecule has 0 fully saturated rings. The van der Waals surface area contributed by atoms with Crippen molar-refractivity contribution in [3.05, 3.63) is 59.9 Å². The van der Waals surface area contributed by atoms with Crippen LogP contribution in [0.5, 0.6) is 0 Å². The summed E-state index contributed by atoms with van der Waals surface area (Å²) in [5.74, 6) is 0.538. The Bertz CT molecular complexity index is 685. The molecule has 0 spiro atoms. The number of halogens is 1. The van der Waals surface area contributed by atoms with Gasteiger partial charge < -0.3 is 9.73 Å². The van der Waals surface area contributed by atoms with Gasteiger partial charge in [0.1, 0.15) is 17.2 Å². The van der Waals surface area contributed by atoms with Gasteiger partial charge in [0.05, 0.1) is 0 Å². The molecular formula is C16H14FNO. The van der Waals surface area contributed by atoms with Crippen molar-refractivity contribution >= 4 is 11.0 Å². The molecular weight excluding hydrogens is 241 g/mol. The summed E-state index contributed by atoms with van der Waals surface area (Å²) < 4.78 is 19.2. The molecule has 0 bridgehead atoms. The van der Waals surface area contributed by atoms with Gasteiger partial charge in [0, 0.05) is 17.5 Å². The molecule has 0 amide bonds. The highest BCUT2D eigenvalue weighted by atomic mass is 19.1. The number of hydrogen-bond acceptors (Lipinski definition) is 2. The van der Waals surface area contributed by atoms with Crippen LogP contribution in [0.1, 0.15) is 5.56 Å². The number of fused-ring (bicyclic) bond motifs is 1. The van der Waals surface area contributed by atoms with E-state index in [-0.39, 0.29) is 5.82 Å². The van der Waals surface area contributed by atoms with Gasteiger partial charge in [-0.1, -0.05) is 18.2 Å². The van der Waals surface area contributed by atoms with Crippen molar-refractivity contribution in [2.24, 2.45) is 0 Å². The molecule has 3 aromatic rings. The van der Waals surface area contributed by atoms with E-state index in [2.05, 4.69) is 5.32 Å². The third-order valence-electron chi connectivity index (χ3n) is 3.13. The summed E-state index contributed by atoms with van der Waals surface area (Å²) in [6.45, 7) is 0.601. The molecule has 0 aliphatic heterocycles. The van der Waals surface area contributed by atoms with Crippen molar-refractivity contribution in [1.82, 2.24) is 5.32 Å². The van der Waals surface area contributed by atoms with E-state index in [0.29, 0.717) is 6.54 Å². The van der Waals surface area contributed by atoms with Crippen LogP contribution in [-0.2, 0) is 6.54 Å². The number of benzene rings is 2. The SMILES string of the molecule is CNCc1cc(F)ccc1-c1cc2ccccc2o1. The highest BCUT2D eigenvalue weighted by molar-refractivity contribution is 5.83. The summed E-state index contributed by atoms with van der Waals surface area (Å²) in [5, 5.41) is 4.10. The molecule has 0 aliphatic rings. The predicted octanol–water partition coefficient (Wildman–Crippen LogP) is 3.96. The monoisotopic (exact) mass is 255 g/mol. The quantitative estimate of drug-likeness (QED) is 0.766. The summed E-state index contributed by atoms with van der Waals surface area (Å²) in [6, 6.07) is 14.6. The van der Waals surface area contributed by atoms with Crippen LogP contribution in [0.2, 0.25) is 0 Å². The van der Waals surface area contributed by atoms with Gasteiger partial charge in [-0.25, -0.2) is 4.39 Å². The lowest BCUT2D eigenvalue weighted by Crippen LogP contribution is -2.06. The average molecular weight is 255 g/mol. The zero-order valence-corrected chi connectivity index (χ0v) is 10.6. The first-order valence-electron chi connectivity index (χ1n) is 6.20. The molecule has 96 valence electrons. The Kier molecular flexibility index (Phi) is 3.05. The molecule has 0 unspecified atom stereocenters. The summed E-state index contributed by atoms with van der Waals surface area (Å²) in [6.07, 6.45) is 0. The third-order valence-corrected chi connectivity index (χ3v) is 3.13. The van der Waals surface area contributed by atoms with Crippen molar-refractivity contribution in [2.75, 3.05) is 7.05 Å². The van der Waals surface area contributed by atoms with Gasteiger partial charge in [0.15, 0.2) is 0 Å². The van der Waals surface area contributed by atoms with Crippen LogP contribution in [0, 0.1) is 5.82 Å². The largest absolute Gasteiger partial charge is 0.456 e. The Balaban J connectivity index is 2.14. The maximum absolute atomic E-state index is 13.3.